The van der Waals surface area contributed by atoms with Crippen LogP contribution in [0.2, 0.25) is 0 Å². The van der Waals surface area contributed by atoms with Gasteiger partial charge < -0.3 is 10.2 Å². The van der Waals surface area contributed by atoms with Crippen molar-refractivity contribution in [3.8, 4) is 5.69 Å². The average molecular weight is 349 g/mol. The van der Waals surface area contributed by atoms with Crippen LogP contribution in [0, 0.1) is 0 Å². The molecule has 0 saturated carbocycles. The van der Waals surface area contributed by atoms with Crippen LogP contribution in [0.5, 0.6) is 0 Å². The number of pyridine rings is 1. The zero-order chi connectivity index (χ0) is 17.8. The monoisotopic (exact) mass is 349 g/mol. The molecule has 1 N–H and O–H groups in total. The van der Waals surface area contributed by atoms with Crippen molar-refractivity contribution in [2.75, 3.05) is 18.0 Å². The molecule has 0 spiro atoms. The molecule has 0 atom stereocenters. The normalized spacial score (nSPS) is 13.8. The largest absolute Gasteiger partial charge is 0.357 e. The molecular weight excluding hydrogens is 330 g/mol. The molecule has 3 heterocycles. The van der Waals surface area contributed by atoms with Gasteiger partial charge in [0.25, 0.3) is 5.91 Å². The van der Waals surface area contributed by atoms with Crippen LogP contribution in [0.15, 0.2) is 48.9 Å². The van der Waals surface area contributed by atoms with E-state index in [1.165, 1.54) is 23.9 Å². The number of hydrogen-bond acceptors (Lipinski definition) is 6. The van der Waals surface area contributed by atoms with Crippen molar-refractivity contribution >= 4 is 11.7 Å². The number of nitrogens with one attached hydrogen (secondary N) is 1. The van der Waals surface area contributed by atoms with Crippen molar-refractivity contribution in [1.82, 2.24) is 30.5 Å². The van der Waals surface area contributed by atoms with Gasteiger partial charge in [0.15, 0.2) is 0 Å². The maximum Gasteiger partial charge on any atom is 0.251 e. The van der Waals surface area contributed by atoms with Gasteiger partial charge in [0.1, 0.15) is 12.1 Å². The molecule has 0 bridgehead atoms. The van der Waals surface area contributed by atoms with E-state index >= 15 is 0 Å². The zero-order valence-corrected chi connectivity index (χ0v) is 14.2. The molecule has 8 nitrogen and oxygen atoms in total. The van der Waals surface area contributed by atoms with Crippen molar-refractivity contribution in [3.63, 3.8) is 0 Å². The van der Waals surface area contributed by atoms with E-state index in [1.807, 2.05) is 24.3 Å². The molecule has 1 aromatic carbocycles. The minimum atomic E-state index is -0.139. The fourth-order valence-corrected chi connectivity index (χ4v) is 3.04. The quantitative estimate of drug-likeness (QED) is 0.752. The highest BCUT2D eigenvalue weighted by Gasteiger charge is 2.14. The molecular formula is C18H19N7O. The standard InChI is InChI=1S/C18H19N7O/c26-18(15-4-3-5-16(11-15)25-13-21-22-23-25)20-12-14-6-7-19-17(10-14)24-8-1-2-9-24/h3-7,10-11,13H,1-2,8-9,12H2,(H,20,26). The van der Waals surface area contributed by atoms with Crippen LogP contribution in [0.25, 0.3) is 5.69 Å². The van der Waals surface area contributed by atoms with Crippen molar-refractivity contribution in [1.29, 1.82) is 0 Å². The van der Waals surface area contributed by atoms with Crippen molar-refractivity contribution < 1.29 is 4.79 Å². The van der Waals surface area contributed by atoms with Gasteiger partial charge in [-0.05, 0) is 59.2 Å². The fraction of sp³-hybridized carbons (Fsp3) is 0.278. The molecule has 1 saturated heterocycles. The molecule has 26 heavy (non-hydrogen) atoms. The number of anilines is 1. The predicted molar refractivity (Wildman–Crippen MR) is 96.0 cm³/mol. The second-order valence-electron chi connectivity index (χ2n) is 6.20. The third kappa shape index (κ3) is 3.53. The van der Waals surface area contributed by atoms with Crippen LogP contribution >= 0.6 is 0 Å². The highest BCUT2D eigenvalue weighted by molar-refractivity contribution is 5.94. The summed E-state index contributed by atoms with van der Waals surface area (Å²) in [5.41, 5.74) is 2.33. The highest BCUT2D eigenvalue weighted by atomic mass is 16.1. The Balaban J connectivity index is 1.43. The Labute approximate surface area is 150 Å². The number of carbonyl (C=O) groups is 1. The molecule has 1 aliphatic heterocycles. The van der Waals surface area contributed by atoms with E-state index in [1.54, 1.807) is 18.3 Å². The van der Waals surface area contributed by atoms with Gasteiger partial charge in [-0.2, -0.15) is 0 Å². The van der Waals surface area contributed by atoms with E-state index in [0.29, 0.717) is 12.1 Å². The minimum absolute atomic E-state index is 0.139. The Morgan fingerprint density at radius 2 is 2.04 bits per heavy atom. The maximum atomic E-state index is 12.5. The lowest BCUT2D eigenvalue weighted by atomic mass is 10.2. The summed E-state index contributed by atoms with van der Waals surface area (Å²) in [5.74, 6) is 0.842. The molecule has 132 valence electrons. The lowest BCUT2D eigenvalue weighted by Crippen LogP contribution is -2.23. The van der Waals surface area contributed by atoms with Gasteiger partial charge in [-0.3, -0.25) is 4.79 Å². The first-order chi connectivity index (χ1) is 12.8. The summed E-state index contributed by atoms with van der Waals surface area (Å²) < 4.78 is 1.52. The van der Waals surface area contributed by atoms with E-state index in [0.717, 1.165) is 30.2 Å². The molecule has 0 radical (unpaired) electrons. The highest BCUT2D eigenvalue weighted by Crippen LogP contribution is 2.18. The van der Waals surface area contributed by atoms with Gasteiger partial charge in [-0.15, -0.1) is 5.10 Å². The third-order valence-corrected chi connectivity index (χ3v) is 4.41. The lowest BCUT2D eigenvalue weighted by Gasteiger charge is -2.17. The molecule has 2 aromatic heterocycles. The van der Waals surface area contributed by atoms with Crippen LogP contribution in [0.1, 0.15) is 28.8 Å². The first-order valence-corrected chi connectivity index (χ1v) is 8.61. The van der Waals surface area contributed by atoms with E-state index < -0.39 is 0 Å². The van der Waals surface area contributed by atoms with Gasteiger partial charge in [0.2, 0.25) is 0 Å². The topological polar surface area (TPSA) is 88.8 Å². The third-order valence-electron chi connectivity index (χ3n) is 4.41. The number of tetrazole rings is 1. The number of rotatable bonds is 5. The lowest BCUT2D eigenvalue weighted by molar-refractivity contribution is 0.0951. The molecule has 1 fully saturated rings. The number of nitrogens with zero attached hydrogens (tertiary/aromatic N) is 6. The maximum absolute atomic E-state index is 12.5. The Morgan fingerprint density at radius 3 is 2.85 bits per heavy atom. The van der Waals surface area contributed by atoms with E-state index in [9.17, 15) is 4.79 Å². The summed E-state index contributed by atoms with van der Waals surface area (Å²) >= 11 is 0. The number of hydrogen-bond donors (Lipinski definition) is 1. The van der Waals surface area contributed by atoms with E-state index in [-0.39, 0.29) is 5.91 Å². The first kappa shape index (κ1) is 16.2. The van der Waals surface area contributed by atoms with Crippen molar-refractivity contribution in [2.24, 2.45) is 0 Å². The Bertz CT molecular complexity index is 888. The van der Waals surface area contributed by atoms with Crippen LogP contribution in [0.3, 0.4) is 0 Å². The van der Waals surface area contributed by atoms with E-state index in [4.69, 9.17) is 0 Å². The number of carbonyl (C=O) groups excluding carboxylic acids is 1. The second kappa shape index (κ2) is 7.30. The summed E-state index contributed by atoms with van der Waals surface area (Å²) in [4.78, 5) is 19.2. The number of benzene rings is 1. The molecule has 4 rings (SSSR count). The second-order valence-corrected chi connectivity index (χ2v) is 6.20. The van der Waals surface area contributed by atoms with Crippen LogP contribution in [0.4, 0.5) is 5.82 Å². The average Bonchev–Trinajstić information content (AvgIpc) is 3.40. The smallest absolute Gasteiger partial charge is 0.251 e. The summed E-state index contributed by atoms with van der Waals surface area (Å²) in [6.07, 6.45) is 5.71. The van der Waals surface area contributed by atoms with Gasteiger partial charge in [-0.25, -0.2) is 9.67 Å². The molecule has 0 unspecified atom stereocenters. The molecule has 0 aliphatic carbocycles. The summed E-state index contributed by atoms with van der Waals surface area (Å²) in [5, 5.41) is 14.0. The number of amides is 1. The van der Waals surface area contributed by atoms with Gasteiger partial charge >= 0.3 is 0 Å². The Hall–Kier alpha value is -3.29. The number of aromatic nitrogens is 5. The van der Waals surface area contributed by atoms with Gasteiger partial charge in [-0.1, -0.05) is 6.07 Å². The summed E-state index contributed by atoms with van der Waals surface area (Å²) in [7, 11) is 0. The van der Waals surface area contributed by atoms with Gasteiger partial charge in [0.05, 0.1) is 5.69 Å². The zero-order valence-electron chi connectivity index (χ0n) is 14.2. The van der Waals surface area contributed by atoms with Crippen molar-refractivity contribution in [3.05, 3.63) is 60.0 Å². The predicted octanol–water partition coefficient (Wildman–Crippen LogP) is 1.59. The Kier molecular flexibility index (Phi) is 4.55. The van der Waals surface area contributed by atoms with Crippen LogP contribution in [-0.4, -0.2) is 44.2 Å². The molecule has 8 heteroatoms. The van der Waals surface area contributed by atoms with Crippen LogP contribution in [-0.2, 0) is 6.54 Å². The van der Waals surface area contributed by atoms with Crippen LogP contribution < -0.4 is 10.2 Å². The summed E-state index contributed by atoms with van der Waals surface area (Å²) in [6, 6.07) is 11.2. The first-order valence-electron chi connectivity index (χ1n) is 8.61. The SMILES string of the molecule is O=C(NCc1ccnc(N2CCCC2)c1)c1cccc(-n2cnnn2)c1. The molecule has 1 amide bonds. The minimum Gasteiger partial charge on any atom is -0.357 e. The van der Waals surface area contributed by atoms with Crippen molar-refractivity contribution in [2.45, 2.75) is 19.4 Å². The molecule has 1 aliphatic rings. The Morgan fingerprint density at radius 1 is 1.15 bits per heavy atom. The fourth-order valence-electron chi connectivity index (χ4n) is 3.04. The van der Waals surface area contributed by atoms with Gasteiger partial charge in [0, 0.05) is 31.4 Å². The summed E-state index contributed by atoms with van der Waals surface area (Å²) in [6.45, 7) is 2.55. The van der Waals surface area contributed by atoms with E-state index in [2.05, 4.69) is 30.7 Å². The molecule has 3 aromatic rings.